The quantitative estimate of drug-likeness (QED) is 0.346. The monoisotopic (exact) mass is 248 g/mol. The van der Waals surface area contributed by atoms with Gasteiger partial charge in [0.15, 0.2) is 8.32 Å². The van der Waals surface area contributed by atoms with Crippen molar-refractivity contribution in [2.24, 2.45) is 5.84 Å². The predicted molar refractivity (Wildman–Crippen MR) is 66.7 cm³/mol. The summed E-state index contributed by atoms with van der Waals surface area (Å²) < 4.78 is 5.88. The third-order valence-electron chi connectivity index (χ3n) is 3.19. The van der Waals surface area contributed by atoms with Gasteiger partial charge in [-0.05, 0) is 25.1 Å². The summed E-state index contributed by atoms with van der Waals surface area (Å²) in [7, 11) is -1.82. The third kappa shape index (κ3) is 4.11. The number of nitrogens with two attached hydrogens (primary N) is 1. The van der Waals surface area contributed by atoms with Gasteiger partial charge in [0.2, 0.25) is 0 Å². The molecule has 0 aliphatic carbocycles. The van der Waals surface area contributed by atoms with E-state index in [1.54, 1.807) is 6.92 Å². The lowest BCUT2D eigenvalue weighted by Crippen LogP contribution is -2.49. The number of carbonyl (C=O) groups is 1. The van der Waals surface area contributed by atoms with Crippen LogP contribution in [0.25, 0.3) is 0 Å². The van der Waals surface area contributed by atoms with Crippen LogP contribution in [-0.4, -0.2) is 37.2 Å². The maximum atomic E-state index is 10.6. The van der Waals surface area contributed by atoms with Gasteiger partial charge in [-0.15, -0.1) is 0 Å². The van der Waals surface area contributed by atoms with Gasteiger partial charge in [-0.2, -0.15) is 0 Å². The maximum Gasteiger partial charge on any atom is 0.421 e. The van der Waals surface area contributed by atoms with E-state index in [0.29, 0.717) is 6.61 Å². The number of rotatable bonds is 4. The normalized spacial score (nSPS) is 14.7. The van der Waals surface area contributed by atoms with Gasteiger partial charge in [0.05, 0.1) is 12.6 Å². The number of amides is 1. The van der Waals surface area contributed by atoms with E-state index in [4.69, 9.17) is 15.4 Å². The third-order valence-corrected chi connectivity index (χ3v) is 7.69. The largest absolute Gasteiger partial charge is 0.464 e. The molecule has 0 saturated heterocycles. The lowest BCUT2D eigenvalue weighted by molar-refractivity contribution is 0.106. The molecule has 0 aromatic rings. The van der Waals surface area contributed by atoms with Crippen LogP contribution >= 0.6 is 0 Å². The highest BCUT2D eigenvalue weighted by molar-refractivity contribution is 6.74. The molecule has 0 aliphatic heterocycles. The summed E-state index contributed by atoms with van der Waals surface area (Å²) in [5.41, 5.74) is 0. The molecule has 0 radical (unpaired) electrons. The summed E-state index contributed by atoms with van der Waals surface area (Å²) in [6.07, 6.45) is -1.13. The minimum atomic E-state index is -1.82. The fourth-order valence-corrected chi connectivity index (χ4v) is 1.91. The molecule has 0 bridgehead atoms. The van der Waals surface area contributed by atoms with Crippen molar-refractivity contribution in [3.8, 4) is 0 Å². The number of hydrazine groups is 1. The van der Waals surface area contributed by atoms with Crippen LogP contribution in [0.2, 0.25) is 18.1 Å². The first-order valence-corrected chi connectivity index (χ1v) is 8.30. The summed E-state index contributed by atoms with van der Waals surface area (Å²) in [4.78, 5) is 10.6. The molecule has 1 atom stereocenters. The highest BCUT2D eigenvalue weighted by Crippen LogP contribution is 2.36. The molecule has 0 aromatic heterocycles. The Hall–Kier alpha value is -0.593. The van der Waals surface area contributed by atoms with Crippen LogP contribution in [0.3, 0.4) is 0 Å². The Balaban J connectivity index is 4.31. The molecular weight excluding hydrogens is 224 g/mol. The maximum absolute atomic E-state index is 10.6. The Morgan fingerprint density at radius 3 is 2.25 bits per heavy atom. The topological polar surface area (TPSA) is 75.8 Å². The molecule has 0 heterocycles. The van der Waals surface area contributed by atoms with E-state index in [0.717, 1.165) is 5.01 Å². The molecule has 0 aromatic carbocycles. The average molecular weight is 248 g/mol. The van der Waals surface area contributed by atoms with Crippen molar-refractivity contribution in [3.63, 3.8) is 0 Å². The Morgan fingerprint density at radius 2 is 1.94 bits per heavy atom. The van der Waals surface area contributed by atoms with Crippen LogP contribution in [0.1, 0.15) is 27.7 Å². The molecule has 16 heavy (non-hydrogen) atoms. The first kappa shape index (κ1) is 15.4. The Labute approximate surface area is 98.7 Å². The second-order valence-corrected chi connectivity index (χ2v) is 10.4. The van der Waals surface area contributed by atoms with Gasteiger partial charge in [0, 0.05) is 0 Å². The van der Waals surface area contributed by atoms with E-state index in [2.05, 4.69) is 33.9 Å². The molecule has 0 aliphatic rings. The first-order chi connectivity index (χ1) is 6.99. The van der Waals surface area contributed by atoms with Crippen molar-refractivity contribution in [3.05, 3.63) is 0 Å². The van der Waals surface area contributed by atoms with E-state index in [1.807, 2.05) is 0 Å². The first-order valence-electron chi connectivity index (χ1n) is 5.40. The molecule has 0 rings (SSSR count). The number of hydrogen-bond donors (Lipinski definition) is 2. The van der Waals surface area contributed by atoms with E-state index in [1.165, 1.54) is 0 Å². The van der Waals surface area contributed by atoms with E-state index >= 15 is 0 Å². The molecule has 0 spiro atoms. The summed E-state index contributed by atoms with van der Waals surface area (Å²) in [5.74, 6) is 5.37. The molecule has 0 fully saturated rings. The van der Waals surface area contributed by atoms with Gasteiger partial charge in [-0.1, -0.05) is 20.8 Å². The van der Waals surface area contributed by atoms with Crippen LogP contribution in [-0.2, 0) is 4.43 Å². The molecule has 1 unspecified atom stereocenters. The van der Waals surface area contributed by atoms with Crippen molar-refractivity contribution in [2.75, 3.05) is 6.61 Å². The zero-order chi connectivity index (χ0) is 13.1. The molecule has 96 valence electrons. The number of hydrogen-bond acceptors (Lipinski definition) is 3. The van der Waals surface area contributed by atoms with Crippen molar-refractivity contribution >= 4 is 14.4 Å². The number of nitrogens with zero attached hydrogens (tertiary/aromatic N) is 1. The predicted octanol–water partition coefficient (Wildman–Crippen LogP) is 2.25. The smallest absolute Gasteiger partial charge is 0.421 e. The van der Waals surface area contributed by atoms with E-state index in [9.17, 15) is 4.79 Å². The second-order valence-electron chi connectivity index (χ2n) is 5.61. The SMILES string of the molecule is CC(CO[Si](C)(C)C(C)(C)C)N(N)C(=O)O. The zero-order valence-corrected chi connectivity index (χ0v) is 12.1. The Morgan fingerprint density at radius 1 is 1.50 bits per heavy atom. The lowest BCUT2D eigenvalue weighted by Gasteiger charge is -2.37. The highest BCUT2D eigenvalue weighted by atomic mass is 28.4. The van der Waals surface area contributed by atoms with Gasteiger partial charge in [0.1, 0.15) is 0 Å². The van der Waals surface area contributed by atoms with Gasteiger partial charge in [-0.3, -0.25) is 0 Å². The average Bonchev–Trinajstić information content (AvgIpc) is 2.11. The fraction of sp³-hybridized carbons (Fsp3) is 0.900. The molecule has 0 saturated carbocycles. The number of carboxylic acid groups (broad SMARTS) is 1. The minimum Gasteiger partial charge on any atom is -0.464 e. The van der Waals surface area contributed by atoms with Crippen molar-refractivity contribution in [2.45, 2.75) is 51.9 Å². The lowest BCUT2D eigenvalue weighted by atomic mass is 10.2. The molecule has 1 amide bonds. The second kappa shape index (κ2) is 5.16. The Kier molecular flexibility index (Phi) is 4.97. The summed E-state index contributed by atoms with van der Waals surface area (Å²) in [6.45, 7) is 12.8. The Bertz CT molecular complexity index is 251. The van der Waals surface area contributed by atoms with Crippen LogP contribution in [0.5, 0.6) is 0 Å². The van der Waals surface area contributed by atoms with Gasteiger partial charge in [0.25, 0.3) is 0 Å². The van der Waals surface area contributed by atoms with Crippen molar-refractivity contribution in [1.82, 2.24) is 5.01 Å². The van der Waals surface area contributed by atoms with E-state index < -0.39 is 14.4 Å². The van der Waals surface area contributed by atoms with Crippen LogP contribution < -0.4 is 5.84 Å². The molecule has 6 heteroatoms. The standard InChI is InChI=1S/C10H24N2O3Si/c1-8(12(11)9(13)14)7-15-16(5,6)10(2,3)4/h8H,7,11H2,1-6H3,(H,13,14). The molecule has 3 N–H and O–H groups in total. The zero-order valence-electron chi connectivity index (χ0n) is 11.1. The molecule has 5 nitrogen and oxygen atoms in total. The summed E-state index contributed by atoms with van der Waals surface area (Å²) in [6, 6.07) is -0.327. The highest BCUT2D eigenvalue weighted by Gasteiger charge is 2.37. The molecular formula is C10H24N2O3Si. The van der Waals surface area contributed by atoms with Gasteiger partial charge >= 0.3 is 6.09 Å². The van der Waals surface area contributed by atoms with Crippen molar-refractivity contribution in [1.29, 1.82) is 0 Å². The van der Waals surface area contributed by atoms with Gasteiger partial charge in [-0.25, -0.2) is 15.6 Å². The minimum absolute atomic E-state index is 0.120. The van der Waals surface area contributed by atoms with Crippen LogP contribution in [0.15, 0.2) is 0 Å². The van der Waals surface area contributed by atoms with Gasteiger partial charge < -0.3 is 9.53 Å². The summed E-state index contributed by atoms with van der Waals surface area (Å²) >= 11 is 0. The van der Waals surface area contributed by atoms with Crippen LogP contribution in [0, 0.1) is 0 Å². The van der Waals surface area contributed by atoms with E-state index in [-0.39, 0.29) is 11.1 Å². The fourth-order valence-electron chi connectivity index (χ4n) is 0.814. The van der Waals surface area contributed by atoms with Crippen LogP contribution in [0.4, 0.5) is 4.79 Å². The summed E-state index contributed by atoms with van der Waals surface area (Å²) in [5, 5.41) is 9.60. The van der Waals surface area contributed by atoms with Crippen molar-refractivity contribution < 1.29 is 14.3 Å².